The first-order chi connectivity index (χ1) is 10.6. The van der Waals surface area contributed by atoms with Gasteiger partial charge in [-0.3, -0.25) is 9.59 Å². The van der Waals surface area contributed by atoms with Gasteiger partial charge in [0, 0.05) is 28.6 Å². The highest BCUT2D eigenvalue weighted by Gasteiger charge is 2.17. The lowest BCUT2D eigenvalue weighted by molar-refractivity contribution is -0.118. The average molecular weight is 408 g/mol. The third-order valence-electron chi connectivity index (χ3n) is 3.20. The molecule has 0 unspecified atom stereocenters. The Hall–Kier alpha value is -1.89. The number of amides is 2. The Morgan fingerprint density at radius 2 is 1.77 bits per heavy atom. The number of carbonyl (C=O) groups is 2. The number of hydrogen-bond donors (Lipinski definition) is 1. The monoisotopic (exact) mass is 408 g/mol. The molecule has 0 aliphatic carbocycles. The van der Waals surface area contributed by atoms with Gasteiger partial charge in [0.2, 0.25) is 5.91 Å². The van der Waals surface area contributed by atoms with Crippen LogP contribution in [0.15, 0.2) is 54.6 Å². The predicted octanol–water partition coefficient (Wildman–Crippen LogP) is 2.81. The summed E-state index contributed by atoms with van der Waals surface area (Å²) < 4.78 is 0.998. The summed E-state index contributed by atoms with van der Waals surface area (Å²) in [5.74, 6) is -0.503. The topological polar surface area (TPSA) is 63.4 Å². The fourth-order valence-corrected chi connectivity index (χ4v) is 2.65. The Bertz CT molecular complexity index is 659. The SMILES string of the molecule is NC(=O)CCN(Cc1ccccc1)C(=O)c1cccc(I)c1. The first-order valence-corrected chi connectivity index (χ1v) is 8.01. The fourth-order valence-electron chi connectivity index (χ4n) is 2.11. The molecule has 114 valence electrons. The molecule has 5 heteroatoms. The molecular weight excluding hydrogens is 391 g/mol. The van der Waals surface area contributed by atoms with Crippen LogP contribution in [0.1, 0.15) is 22.3 Å². The molecule has 4 nitrogen and oxygen atoms in total. The zero-order valence-electron chi connectivity index (χ0n) is 12.0. The minimum absolute atomic E-state index is 0.0939. The number of benzene rings is 2. The number of hydrogen-bond acceptors (Lipinski definition) is 2. The van der Waals surface area contributed by atoms with Crippen LogP contribution in [0.25, 0.3) is 0 Å². The summed E-state index contributed by atoms with van der Waals surface area (Å²) in [5.41, 5.74) is 6.86. The Balaban J connectivity index is 2.19. The lowest BCUT2D eigenvalue weighted by Crippen LogP contribution is -2.33. The fraction of sp³-hybridized carbons (Fsp3) is 0.176. The van der Waals surface area contributed by atoms with Crippen LogP contribution in [0.4, 0.5) is 0 Å². The van der Waals surface area contributed by atoms with Crippen molar-refractivity contribution in [3.8, 4) is 0 Å². The van der Waals surface area contributed by atoms with E-state index in [1.807, 2.05) is 48.5 Å². The normalized spacial score (nSPS) is 10.2. The molecule has 2 amide bonds. The maximum atomic E-state index is 12.7. The molecule has 2 aromatic rings. The maximum absolute atomic E-state index is 12.7. The Morgan fingerprint density at radius 3 is 2.41 bits per heavy atom. The van der Waals surface area contributed by atoms with E-state index in [0.29, 0.717) is 18.7 Å². The van der Waals surface area contributed by atoms with Gasteiger partial charge in [-0.15, -0.1) is 0 Å². The van der Waals surface area contributed by atoms with E-state index in [-0.39, 0.29) is 12.3 Å². The molecule has 0 atom stereocenters. The molecule has 0 saturated carbocycles. The number of rotatable bonds is 6. The quantitative estimate of drug-likeness (QED) is 0.748. The van der Waals surface area contributed by atoms with E-state index in [9.17, 15) is 9.59 Å². The summed E-state index contributed by atoms with van der Waals surface area (Å²) in [7, 11) is 0. The van der Waals surface area contributed by atoms with Crippen molar-refractivity contribution in [2.24, 2.45) is 5.73 Å². The van der Waals surface area contributed by atoms with Gasteiger partial charge in [0.25, 0.3) is 5.91 Å². The molecule has 22 heavy (non-hydrogen) atoms. The molecule has 0 bridgehead atoms. The third-order valence-corrected chi connectivity index (χ3v) is 3.87. The maximum Gasteiger partial charge on any atom is 0.254 e. The van der Waals surface area contributed by atoms with Gasteiger partial charge in [0.05, 0.1) is 0 Å². The first kappa shape index (κ1) is 16.5. The van der Waals surface area contributed by atoms with Crippen molar-refractivity contribution in [2.75, 3.05) is 6.54 Å². The molecule has 0 radical (unpaired) electrons. The van der Waals surface area contributed by atoms with Crippen molar-refractivity contribution >= 4 is 34.4 Å². The van der Waals surface area contributed by atoms with Gasteiger partial charge in [-0.2, -0.15) is 0 Å². The Kier molecular flexibility index (Phi) is 5.94. The van der Waals surface area contributed by atoms with E-state index in [1.165, 1.54) is 0 Å². The van der Waals surface area contributed by atoms with E-state index in [1.54, 1.807) is 11.0 Å². The number of primary amides is 1. The van der Waals surface area contributed by atoms with Crippen molar-refractivity contribution < 1.29 is 9.59 Å². The van der Waals surface area contributed by atoms with Crippen molar-refractivity contribution in [1.29, 1.82) is 0 Å². The van der Waals surface area contributed by atoms with Gasteiger partial charge >= 0.3 is 0 Å². The molecule has 2 rings (SSSR count). The third kappa shape index (κ3) is 4.84. The largest absolute Gasteiger partial charge is 0.370 e. The van der Waals surface area contributed by atoms with E-state index in [0.717, 1.165) is 9.13 Å². The lowest BCUT2D eigenvalue weighted by atomic mass is 10.1. The van der Waals surface area contributed by atoms with Crippen LogP contribution in [0.2, 0.25) is 0 Å². The molecule has 0 fully saturated rings. The number of nitrogens with two attached hydrogens (primary N) is 1. The van der Waals surface area contributed by atoms with E-state index in [2.05, 4.69) is 22.6 Å². The highest BCUT2D eigenvalue weighted by molar-refractivity contribution is 14.1. The van der Waals surface area contributed by atoms with Gasteiger partial charge in [-0.25, -0.2) is 0 Å². The summed E-state index contributed by atoms with van der Waals surface area (Å²) >= 11 is 2.17. The summed E-state index contributed by atoms with van der Waals surface area (Å²) in [6.45, 7) is 0.771. The summed E-state index contributed by atoms with van der Waals surface area (Å²) in [4.78, 5) is 25.4. The molecule has 0 heterocycles. The van der Waals surface area contributed by atoms with Gasteiger partial charge in [-0.1, -0.05) is 36.4 Å². The summed E-state index contributed by atoms with van der Waals surface area (Å²) in [6.07, 6.45) is 0.155. The van der Waals surface area contributed by atoms with Crippen LogP contribution < -0.4 is 5.73 Å². The van der Waals surface area contributed by atoms with E-state index >= 15 is 0 Å². The lowest BCUT2D eigenvalue weighted by Gasteiger charge is -2.22. The molecule has 2 N–H and O–H groups in total. The zero-order chi connectivity index (χ0) is 15.9. The van der Waals surface area contributed by atoms with Gasteiger partial charge in [0.1, 0.15) is 0 Å². The Morgan fingerprint density at radius 1 is 1.05 bits per heavy atom. The smallest absolute Gasteiger partial charge is 0.254 e. The van der Waals surface area contributed by atoms with Gasteiger partial charge in [-0.05, 0) is 46.4 Å². The number of nitrogens with zero attached hydrogens (tertiary/aromatic N) is 1. The van der Waals surface area contributed by atoms with Crippen molar-refractivity contribution in [3.05, 3.63) is 69.3 Å². The van der Waals surface area contributed by atoms with Crippen molar-refractivity contribution in [3.63, 3.8) is 0 Å². The summed E-state index contributed by atoms with van der Waals surface area (Å²) in [6, 6.07) is 17.1. The van der Waals surface area contributed by atoms with Gasteiger partial charge in [0.15, 0.2) is 0 Å². The molecule has 0 spiro atoms. The second kappa shape index (κ2) is 7.93. The minimum Gasteiger partial charge on any atom is -0.370 e. The van der Waals surface area contributed by atoms with E-state index < -0.39 is 5.91 Å². The van der Waals surface area contributed by atoms with Crippen molar-refractivity contribution in [2.45, 2.75) is 13.0 Å². The van der Waals surface area contributed by atoms with Crippen LogP contribution in [0, 0.1) is 3.57 Å². The Labute approximate surface area is 143 Å². The zero-order valence-corrected chi connectivity index (χ0v) is 14.2. The van der Waals surface area contributed by atoms with Gasteiger partial charge < -0.3 is 10.6 Å². The van der Waals surface area contributed by atoms with Crippen LogP contribution >= 0.6 is 22.6 Å². The van der Waals surface area contributed by atoms with Crippen LogP contribution in [-0.2, 0) is 11.3 Å². The highest BCUT2D eigenvalue weighted by atomic mass is 127. The molecule has 0 aliphatic rings. The molecule has 2 aromatic carbocycles. The summed E-state index contributed by atoms with van der Waals surface area (Å²) in [5, 5.41) is 0. The number of carbonyl (C=O) groups excluding carboxylic acids is 2. The molecule has 0 aromatic heterocycles. The second-order valence-electron chi connectivity index (χ2n) is 4.94. The second-order valence-corrected chi connectivity index (χ2v) is 6.18. The van der Waals surface area contributed by atoms with Crippen molar-refractivity contribution in [1.82, 2.24) is 4.90 Å². The molecular formula is C17H17IN2O2. The van der Waals surface area contributed by atoms with Crippen LogP contribution in [0.5, 0.6) is 0 Å². The van der Waals surface area contributed by atoms with E-state index in [4.69, 9.17) is 5.73 Å². The molecule has 0 saturated heterocycles. The predicted molar refractivity (Wildman–Crippen MR) is 94.2 cm³/mol. The number of halogens is 1. The minimum atomic E-state index is -0.409. The molecule has 0 aliphatic heterocycles. The van der Waals surface area contributed by atoms with Crippen LogP contribution in [-0.4, -0.2) is 23.3 Å². The average Bonchev–Trinajstić information content (AvgIpc) is 2.51. The standard InChI is InChI=1S/C17H17IN2O2/c18-15-8-4-7-14(11-15)17(22)20(10-9-16(19)21)12-13-5-2-1-3-6-13/h1-8,11H,9-10,12H2,(H2,19,21). The highest BCUT2D eigenvalue weighted by Crippen LogP contribution is 2.13. The van der Waals surface area contributed by atoms with Crippen LogP contribution in [0.3, 0.4) is 0 Å². The first-order valence-electron chi connectivity index (χ1n) is 6.93.